The van der Waals surface area contributed by atoms with Gasteiger partial charge in [0.2, 0.25) is 0 Å². The van der Waals surface area contributed by atoms with Crippen molar-refractivity contribution in [3.05, 3.63) is 35.4 Å². The second-order valence-electron chi connectivity index (χ2n) is 4.42. The number of aliphatic hydroxyl groups excluding tert-OH is 1. The largest absolute Gasteiger partial charge is 0.479 e. The molecule has 1 aromatic rings. The average Bonchev–Trinajstić information content (AvgIpc) is 2.51. The number of carbonyl (C=O) groups excluding carboxylic acids is 2. The molecule has 3 amide bonds. The molecule has 0 aliphatic heterocycles. The summed E-state index contributed by atoms with van der Waals surface area (Å²) in [5.74, 6) is -1.92. The fourth-order valence-electron chi connectivity index (χ4n) is 1.49. The lowest BCUT2D eigenvalue weighted by atomic mass is 10.1. The van der Waals surface area contributed by atoms with Crippen LogP contribution in [0.1, 0.15) is 15.9 Å². The van der Waals surface area contributed by atoms with Gasteiger partial charge in [-0.3, -0.25) is 4.79 Å². The lowest BCUT2D eigenvalue weighted by Gasteiger charge is -2.14. The van der Waals surface area contributed by atoms with Gasteiger partial charge >= 0.3 is 12.0 Å². The molecule has 1 aromatic carbocycles. The van der Waals surface area contributed by atoms with Crippen LogP contribution in [0.2, 0.25) is 1.41 Å². The summed E-state index contributed by atoms with van der Waals surface area (Å²) in [6, 6.07) is 5.76. The summed E-state index contributed by atoms with van der Waals surface area (Å²) < 4.78 is 6.75. The van der Waals surface area contributed by atoms with Crippen molar-refractivity contribution in [2.45, 2.75) is 12.6 Å². The molecular weight excluding hydrogens is 278 g/mol. The number of rotatable bonds is 6. The van der Waals surface area contributed by atoms with Crippen LogP contribution in [0.4, 0.5) is 4.79 Å². The first-order valence-electron chi connectivity index (χ1n) is 6.56. The molecule has 8 nitrogen and oxygen atoms in total. The molecule has 5 N–H and O–H groups in total. The van der Waals surface area contributed by atoms with Gasteiger partial charge < -0.3 is 26.2 Å². The summed E-state index contributed by atoms with van der Waals surface area (Å²) in [5, 5.41) is 19.9. The first-order chi connectivity index (χ1) is 10.3. The first kappa shape index (κ1) is 14.8. The van der Waals surface area contributed by atoms with E-state index in [4.69, 9.17) is 11.6 Å². The van der Waals surface area contributed by atoms with Crippen LogP contribution in [-0.2, 0) is 11.3 Å². The van der Waals surface area contributed by atoms with Gasteiger partial charge in [0.05, 0.1) is 6.54 Å². The zero-order valence-corrected chi connectivity index (χ0v) is 11.4. The van der Waals surface area contributed by atoms with E-state index < -0.39 is 24.0 Å². The van der Waals surface area contributed by atoms with Gasteiger partial charge in [-0.15, -0.1) is 0 Å². The number of hydrogen-bond donors (Lipinski definition) is 4. The minimum absolute atomic E-state index is 0.268. The molecule has 0 heterocycles. The minimum atomic E-state index is -1.65. The molecule has 8 heteroatoms. The first-order valence-corrected chi connectivity index (χ1v) is 6.06. The SMILES string of the molecule is [2H]NC(=O)N(C)Cc1ccc(C(=O)NC[C@@H](O)C(=O)O)cc1. The zero-order valence-electron chi connectivity index (χ0n) is 12.4. The van der Waals surface area contributed by atoms with Crippen molar-refractivity contribution in [2.75, 3.05) is 13.6 Å². The molecule has 0 aliphatic rings. The van der Waals surface area contributed by atoms with Crippen LogP contribution in [-0.4, -0.2) is 52.7 Å². The molecule has 114 valence electrons. The zero-order chi connectivity index (χ0) is 16.7. The Bertz CT molecular complexity index is 549. The van der Waals surface area contributed by atoms with Crippen molar-refractivity contribution < 1.29 is 26.0 Å². The van der Waals surface area contributed by atoms with Gasteiger partial charge in [0.25, 0.3) is 5.91 Å². The van der Waals surface area contributed by atoms with Gasteiger partial charge in [-0.1, -0.05) is 12.1 Å². The standard InChI is InChI=1S/C13H17N3O5/c1-16(13(14)21)7-8-2-4-9(5-3-8)11(18)15-6-10(17)12(19)20/h2-5,10,17H,6-7H2,1H3,(H2,14,21)(H,15,18)(H,19,20)/t10-/m1/s1/i/hD. The maximum atomic E-state index is 11.7. The van der Waals surface area contributed by atoms with Crippen molar-refractivity contribution in [1.29, 1.82) is 0 Å². The van der Waals surface area contributed by atoms with Crippen LogP contribution < -0.4 is 11.0 Å². The second-order valence-corrected chi connectivity index (χ2v) is 4.42. The van der Waals surface area contributed by atoms with Crippen molar-refractivity contribution in [3.8, 4) is 0 Å². The highest BCUT2D eigenvalue weighted by Gasteiger charge is 2.15. The third kappa shape index (κ3) is 5.11. The molecule has 0 radical (unpaired) electrons. The lowest BCUT2D eigenvalue weighted by Crippen LogP contribution is -2.36. The minimum Gasteiger partial charge on any atom is -0.479 e. The smallest absolute Gasteiger partial charge is 0.334 e. The highest BCUT2D eigenvalue weighted by Crippen LogP contribution is 2.07. The van der Waals surface area contributed by atoms with Crippen molar-refractivity contribution >= 4 is 17.9 Å². The molecule has 0 saturated carbocycles. The lowest BCUT2D eigenvalue weighted by molar-refractivity contribution is -0.146. The van der Waals surface area contributed by atoms with Gasteiger partial charge in [0.15, 0.2) is 7.52 Å². The predicted octanol–water partition coefficient (Wildman–Crippen LogP) is -0.628. The van der Waals surface area contributed by atoms with E-state index in [0.29, 0.717) is 5.56 Å². The number of nitrogens with two attached hydrogens (primary N) is 1. The van der Waals surface area contributed by atoms with Crippen molar-refractivity contribution in [2.24, 2.45) is 5.73 Å². The Morgan fingerprint density at radius 1 is 1.38 bits per heavy atom. The van der Waals surface area contributed by atoms with Crippen LogP contribution in [0.15, 0.2) is 24.3 Å². The van der Waals surface area contributed by atoms with Crippen LogP contribution in [0.25, 0.3) is 0 Å². The van der Waals surface area contributed by atoms with Crippen LogP contribution >= 0.6 is 0 Å². The van der Waals surface area contributed by atoms with E-state index in [2.05, 4.69) is 5.32 Å². The van der Waals surface area contributed by atoms with E-state index in [-0.39, 0.29) is 13.1 Å². The molecule has 0 aliphatic carbocycles. The number of aliphatic carboxylic acids is 1. The normalized spacial score (nSPS) is 12.0. The molecular formula is C13H17N3O5. The number of amides is 3. The monoisotopic (exact) mass is 296 g/mol. The Labute approximate surface area is 122 Å². The molecule has 0 aromatic heterocycles. The number of benzene rings is 1. The number of nitrogens with zero attached hydrogens (tertiary/aromatic N) is 1. The number of carboxylic acid groups (broad SMARTS) is 1. The summed E-state index contributed by atoms with van der Waals surface area (Å²) in [6.07, 6.45) is -1.65. The Morgan fingerprint density at radius 3 is 2.52 bits per heavy atom. The van der Waals surface area contributed by atoms with Gasteiger partial charge in [-0.2, -0.15) is 0 Å². The summed E-state index contributed by atoms with van der Waals surface area (Å²) in [5.41, 5.74) is 2.81. The number of carbonyl (C=O) groups is 3. The number of nitrogens with one attached hydrogen (secondary N) is 1. The van der Waals surface area contributed by atoms with E-state index in [1.54, 1.807) is 17.9 Å². The summed E-state index contributed by atoms with van der Waals surface area (Å²) >= 11 is 0. The fourth-order valence-corrected chi connectivity index (χ4v) is 1.49. The van der Waals surface area contributed by atoms with Gasteiger partial charge in [-0.25, -0.2) is 9.59 Å². The Kier molecular flexibility index (Phi) is 5.10. The van der Waals surface area contributed by atoms with Crippen molar-refractivity contribution in [1.82, 2.24) is 10.2 Å². The summed E-state index contributed by atoms with van der Waals surface area (Å²) in [4.78, 5) is 34.7. The number of urea groups is 1. The third-order valence-electron chi connectivity index (χ3n) is 2.72. The maximum absolute atomic E-state index is 11.7. The second kappa shape index (κ2) is 7.25. The summed E-state index contributed by atoms with van der Waals surface area (Å²) in [6.45, 7) is -0.118. The number of aliphatic hydroxyl groups is 1. The van der Waals surface area contributed by atoms with Crippen LogP contribution in [0.3, 0.4) is 0 Å². The van der Waals surface area contributed by atoms with E-state index in [9.17, 15) is 14.4 Å². The Morgan fingerprint density at radius 2 is 2.00 bits per heavy atom. The predicted molar refractivity (Wildman–Crippen MR) is 73.5 cm³/mol. The van der Waals surface area contributed by atoms with Gasteiger partial charge in [-0.05, 0) is 17.7 Å². The molecule has 1 rings (SSSR count). The molecule has 0 fully saturated rings. The Hall–Kier alpha value is -2.61. The summed E-state index contributed by atoms with van der Waals surface area (Å²) in [7, 11) is 1.53. The van der Waals surface area contributed by atoms with E-state index in [1.807, 2.05) is 0 Å². The molecule has 0 unspecified atom stereocenters. The number of hydrogen-bond acceptors (Lipinski definition) is 4. The molecule has 1 atom stereocenters. The molecule has 0 bridgehead atoms. The third-order valence-corrected chi connectivity index (χ3v) is 2.72. The number of carboxylic acids is 1. The van der Waals surface area contributed by atoms with Crippen LogP contribution in [0.5, 0.6) is 0 Å². The Balaban J connectivity index is 2.59. The molecule has 0 spiro atoms. The molecule has 21 heavy (non-hydrogen) atoms. The van der Waals surface area contributed by atoms with E-state index in [0.717, 1.165) is 5.56 Å². The highest BCUT2D eigenvalue weighted by molar-refractivity contribution is 5.94. The van der Waals surface area contributed by atoms with E-state index >= 15 is 0 Å². The van der Waals surface area contributed by atoms with E-state index in [1.165, 1.54) is 24.1 Å². The van der Waals surface area contributed by atoms with Crippen molar-refractivity contribution in [3.63, 3.8) is 0 Å². The topological polar surface area (TPSA) is 133 Å². The van der Waals surface area contributed by atoms with Gasteiger partial charge in [0, 0.05) is 19.2 Å². The maximum Gasteiger partial charge on any atom is 0.334 e. The average molecular weight is 296 g/mol. The highest BCUT2D eigenvalue weighted by atomic mass is 16.4. The number of primary amides is 1. The fraction of sp³-hybridized carbons (Fsp3) is 0.308. The van der Waals surface area contributed by atoms with Gasteiger partial charge in [0.1, 0.15) is 0 Å². The molecule has 0 saturated heterocycles. The quantitative estimate of drug-likeness (QED) is 0.555. The van der Waals surface area contributed by atoms with Crippen LogP contribution in [0, 0.1) is 0 Å².